The molecule has 0 fully saturated rings. The Hall–Kier alpha value is -1.35. The van der Waals surface area contributed by atoms with Gasteiger partial charge in [0.2, 0.25) is 5.91 Å². The zero-order chi connectivity index (χ0) is 10.1. The maximum absolute atomic E-state index is 11.1. The molecule has 0 radical (unpaired) electrons. The minimum atomic E-state index is 0.0715. The third kappa shape index (κ3) is 1.51. The van der Waals surface area contributed by atoms with Crippen molar-refractivity contribution in [1.82, 2.24) is 0 Å². The van der Waals surface area contributed by atoms with Gasteiger partial charge >= 0.3 is 0 Å². The fraction of sp³-hybridized carbons (Fsp3) is 0.364. The highest BCUT2D eigenvalue weighted by atomic mass is 16.5. The van der Waals surface area contributed by atoms with Crippen molar-refractivity contribution >= 4 is 11.6 Å². The van der Waals surface area contributed by atoms with Gasteiger partial charge in [0.25, 0.3) is 0 Å². The number of methoxy groups -OCH3 is 1. The average molecular weight is 191 g/mol. The molecule has 74 valence electrons. The van der Waals surface area contributed by atoms with Gasteiger partial charge in [-0.05, 0) is 24.1 Å². The summed E-state index contributed by atoms with van der Waals surface area (Å²) in [5, 5.41) is 2.80. The largest absolute Gasteiger partial charge is 0.377 e. The van der Waals surface area contributed by atoms with E-state index in [4.69, 9.17) is 4.74 Å². The summed E-state index contributed by atoms with van der Waals surface area (Å²) in [6.07, 6.45) is 0.565. The number of hydrogen-bond acceptors (Lipinski definition) is 2. The third-order valence-corrected chi connectivity index (χ3v) is 2.58. The van der Waals surface area contributed by atoms with Crippen LogP contribution in [-0.4, -0.2) is 13.0 Å². The van der Waals surface area contributed by atoms with Crippen LogP contribution in [0.2, 0.25) is 0 Å². The zero-order valence-corrected chi connectivity index (χ0v) is 8.33. The van der Waals surface area contributed by atoms with E-state index in [1.807, 2.05) is 25.1 Å². The fourth-order valence-electron chi connectivity index (χ4n) is 1.64. The van der Waals surface area contributed by atoms with E-state index in [0.29, 0.717) is 6.42 Å². The van der Waals surface area contributed by atoms with Gasteiger partial charge < -0.3 is 10.1 Å². The fourth-order valence-corrected chi connectivity index (χ4v) is 1.64. The van der Waals surface area contributed by atoms with Gasteiger partial charge in [-0.1, -0.05) is 12.1 Å². The maximum atomic E-state index is 11.1. The Morgan fingerprint density at radius 3 is 3.00 bits per heavy atom. The van der Waals surface area contributed by atoms with Crippen molar-refractivity contribution in [2.75, 3.05) is 12.4 Å². The first-order valence-electron chi connectivity index (χ1n) is 4.66. The number of benzene rings is 1. The summed E-state index contributed by atoms with van der Waals surface area (Å²) >= 11 is 0. The third-order valence-electron chi connectivity index (χ3n) is 2.58. The lowest BCUT2D eigenvalue weighted by Gasteiger charge is -2.10. The molecule has 1 amide bonds. The number of fused-ring (bicyclic) bond motifs is 1. The van der Waals surface area contributed by atoms with Crippen molar-refractivity contribution in [2.45, 2.75) is 19.4 Å². The summed E-state index contributed by atoms with van der Waals surface area (Å²) in [6.45, 7) is 1.99. The molecule has 1 heterocycles. The molecule has 0 saturated heterocycles. The van der Waals surface area contributed by atoms with E-state index in [1.54, 1.807) is 7.11 Å². The summed E-state index contributed by atoms with van der Waals surface area (Å²) in [5.41, 5.74) is 3.11. The Morgan fingerprint density at radius 2 is 2.29 bits per heavy atom. The normalized spacial score (nSPS) is 16.3. The number of amides is 1. The molecule has 3 heteroatoms. The van der Waals surface area contributed by atoms with Crippen molar-refractivity contribution in [2.24, 2.45) is 0 Å². The van der Waals surface area contributed by atoms with Gasteiger partial charge in [-0.3, -0.25) is 4.79 Å². The number of nitrogens with one attached hydrogen (secondary N) is 1. The molecule has 1 atom stereocenters. The monoisotopic (exact) mass is 191 g/mol. The van der Waals surface area contributed by atoms with Crippen LogP contribution in [0.5, 0.6) is 0 Å². The zero-order valence-electron chi connectivity index (χ0n) is 8.33. The molecule has 14 heavy (non-hydrogen) atoms. The molecule has 3 nitrogen and oxygen atoms in total. The SMILES string of the molecule is CO[C@@H](C)c1ccc2c(c1)CC(=O)N2. The number of ether oxygens (including phenoxy) is 1. The van der Waals surface area contributed by atoms with Crippen molar-refractivity contribution in [3.63, 3.8) is 0 Å². The average Bonchev–Trinajstić information content (AvgIpc) is 2.55. The highest BCUT2D eigenvalue weighted by Gasteiger charge is 2.18. The van der Waals surface area contributed by atoms with Crippen LogP contribution in [0.15, 0.2) is 18.2 Å². The first-order valence-corrected chi connectivity index (χ1v) is 4.66. The summed E-state index contributed by atoms with van der Waals surface area (Å²) in [4.78, 5) is 11.1. The Morgan fingerprint density at radius 1 is 1.50 bits per heavy atom. The molecule has 1 aromatic rings. The van der Waals surface area contributed by atoms with E-state index in [0.717, 1.165) is 16.8 Å². The van der Waals surface area contributed by atoms with Crippen molar-refractivity contribution in [3.05, 3.63) is 29.3 Å². The summed E-state index contributed by atoms with van der Waals surface area (Å²) in [7, 11) is 1.68. The summed E-state index contributed by atoms with van der Waals surface area (Å²) < 4.78 is 5.22. The van der Waals surface area contributed by atoms with Crippen LogP contribution in [0, 0.1) is 0 Å². The Labute approximate surface area is 83.1 Å². The van der Waals surface area contributed by atoms with E-state index < -0.39 is 0 Å². The molecule has 0 bridgehead atoms. The van der Waals surface area contributed by atoms with Gasteiger partial charge in [0.15, 0.2) is 0 Å². The van der Waals surface area contributed by atoms with Crippen LogP contribution in [0.1, 0.15) is 24.2 Å². The molecular formula is C11H13NO2. The molecular weight excluding hydrogens is 178 g/mol. The number of carbonyl (C=O) groups excluding carboxylic acids is 1. The van der Waals surface area contributed by atoms with E-state index in [-0.39, 0.29) is 12.0 Å². The van der Waals surface area contributed by atoms with Crippen LogP contribution < -0.4 is 5.32 Å². The Balaban J connectivity index is 2.32. The van der Waals surface area contributed by atoms with Crippen molar-refractivity contribution < 1.29 is 9.53 Å². The quantitative estimate of drug-likeness (QED) is 0.775. The lowest BCUT2D eigenvalue weighted by molar-refractivity contribution is -0.115. The molecule has 0 spiro atoms. The molecule has 0 saturated carbocycles. The molecule has 2 rings (SSSR count). The molecule has 1 N–H and O–H groups in total. The summed E-state index contributed by atoms with van der Waals surface area (Å²) in [5.74, 6) is 0.0715. The molecule has 0 aliphatic carbocycles. The number of rotatable bonds is 2. The highest BCUT2D eigenvalue weighted by molar-refractivity contribution is 5.99. The first-order chi connectivity index (χ1) is 6.70. The van der Waals surface area contributed by atoms with Gasteiger partial charge in [0, 0.05) is 12.8 Å². The van der Waals surface area contributed by atoms with Crippen LogP contribution in [0.3, 0.4) is 0 Å². The highest BCUT2D eigenvalue weighted by Crippen LogP contribution is 2.27. The van der Waals surface area contributed by atoms with Crippen molar-refractivity contribution in [3.8, 4) is 0 Å². The van der Waals surface area contributed by atoms with E-state index in [9.17, 15) is 4.79 Å². The number of hydrogen-bond donors (Lipinski definition) is 1. The van der Waals surface area contributed by atoms with E-state index in [1.165, 1.54) is 0 Å². The van der Waals surface area contributed by atoms with Crippen LogP contribution in [0.4, 0.5) is 5.69 Å². The molecule has 0 unspecified atom stereocenters. The smallest absolute Gasteiger partial charge is 0.228 e. The van der Waals surface area contributed by atoms with E-state index >= 15 is 0 Å². The van der Waals surface area contributed by atoms with Crippen LogP contribution in [-0.2, 0) is 16.0 Å². The standard InChI is InChI=1S/C11H13NO2/c1-7(14-2)8-3-4-10-9(5-8)6-11(13)12-10/h3-5,7H,6H2,1-2H3,(H,12,13)/t7-/m0/s1. The van der Waals surface area contributed by atoms with Crippen LogP contribution in [0.25, 0.3) is 0 Å². The second kappa shape index (κ2) is 3.42. The predicted molar refractivity (Wildman–Crippen MR) is 54.2 cm³/mol. The molecule has 1 aliphatic heterocycles. The van der Waals surface area contributed by atoms with E-state index in [2.05, 4.69) is 5.32 Å². The molecule has 0 aromatic heterocycles. The number of anilines is 1. The Kier molecular flexibility index (Phi) is 2.25. The molecule has 1 aliphatic rings. The predicted octanol–water partition coefficient (Wildman–Crippen LogP) is 1.89. The van der Waals surface area contributed by atoms with Crippen LogP contribution >= 0.6 is 0 Å². The molecule has 1 aromatic carbocycles. The topological polar surface area (TPSA) is 38.3 Å². The lowest BCUT2D eigenvalue weighted by Crippen LogP contribution is -2.03. The second-order valence-electron chi connectivity index (χ2n) is 3.52. The first kappa shape index (κ1) is 9.21. The van der Waals surface area contributed by atoms with Gasteiger partial charge in [-0.2, -0.15) is 0 Å². The second-order valence-corrected chi connectivity index (χ2v) is 3.52. The number of carbonyl (C=O) groups is 1. The van der Waals surface area contributed by atoms with Gasteiger partial charge in [-0.25, -0.2) is 0 Å². The van der Waals surface area contributed by atoms with Crippen molar-refractivity contribution in [1.29, 1.82) is 0 Å². The minimum absolute atomic E-state index is 0.0715. The van der Waals surface area contributed by atoms with Gasteiger partial charge in [0.05, 0.1) is 12.5 Å². The Bertz CT molecular complexity index is 374. The lowest BCUT2D eigenvalue weighted by atomic mass is 10.1. The van der Waals surface area contributed by atoms with Gasteiger partial charge in [0.1, 0.15) is 0 Å². The minimum Gasteiger partial charge on any atom is -0.377 e. The van der Waals surface area contributed by atoms with Gasteiger partial charge in [-0.15, -0.1) is 0 Å². The maximum Gasteiger partial charge on any atom is 0.228 e. The summed E-state index contributed by atoms with van der Waals surface area (Å²) in [6, 6.07) is 5.95.